The molecular formula is C10H14O3Si. The first-order chi connectivity index (χ1) is 6.52. The molecule has 1 rings (SSSR count). The second-order valence-corrected chi connectivity index (χ2v) is 6.51. The van der Waals surface area contributed by atoms with Gasteiger partial charge in [-0.05, 0) is 22.9 Å². The molecule has 4 heteroatoms. The number of aromatic carboxylic acids is 1. The SMILES string of the molecule is CC(C)[SiH](O)c1ccc(C(=O)O)cc1. The Morgan fingerprint density at radius 1 is 1.29 bits per heavy atom. The Hall–Kier alpha value is -1.13. The van der Waals surface area contributed by atoms with Gasteiger partial charge in [-0.2, -0.15) is 0 Å². The molecule has 0 bridgehead atoms. The van der Waals surface area contributed by atoms with Crippen LogP contribution in [0.25, 0.3) is 0 Å². The van der Waals surface area contributed by atoms with Crippen molar-refractivity contribution in [3.05, 3.63) is 29.8 Å². The summed E-state index contributed by atoms with van der Waals surface area (Å²) < 4.78 is 0. The molecule has 0 heterocycles. The van der Waals surface area contributed by atoms with E-state index in [4.69, 9.17) is 5.11 Å². The molecule has 1 aromatic carbocycles. The second-order valence-electron chi connectivity index (χ2n) is 3.62. The summed E-state index contributed by atoms with van der Waals surface area (Å²) in [6, 6.07) is 6.49. The summed E-state index contributed by atoms with van der Waals surface area (Å²) in [6.07, 6.45) is 0. The van der Waals surface area contributed by atoms with Gasteiger partial charge >= 0.3 is 5.97 Å². The summed E-state index contributed by atoms with van der Waals surface area (Å²) in [4.78, 5) is 20.4. The maximum Gasteiger partial charge on any atom is 0.335 e. The average molecular weight is 210 g/mol. The van der Waals surface area contributed by atoms with Crippen molar-refractivity contribution in [1.82, 2.24) is 0 Å². The minimum atomic E-state index is -1.88. The standard InChI is InChI=1S/C10H14O3Si/c1-7(2)14(13)9-5-3-8(4-6-9)10(11)12/h3-7,13-14H,1-2H3,(H,11,12). The largest absolute Gasteiger partial charge is 0.478 e. The molecule has 1 atom stereocenters. The molecule has 0 saturated carbocycles. The average Bonchev–Trinajstić information content (AvgIpc) is 2.16. The minimum absolute atomic E-state index is 0.263. The molecule has 0 amide bonds. The molecule has 3 nitrogen and oxygen atoms in total. The van der Waals surface area contributed by atoms with Crippen molar-refractivity contribution >= 4 is 20.2 Å². The van der Waals surface area contributed by atoms with E-state index in [1.807, 2.05) is 13.8 Å². The number of hydrogen-bond donors (Lipinski definition) is 2. The lowest BCUT2D eigenvalue weighted by molar-refractivity contribution is 0.0697. The number of rotatable bonds is 3. The lowest BCUT2D eigenvalue weighted by Gasteiger charge is -2.12. The van der Waals surface area contributed by atoms with E-state index in [-0.39, 0.29) is 11.1 Å². The third-order valence-electron chi connectivity index (χ3n) is 2.13. The van der Waals surface area contributed by atoms with Crippen molar-refractivity contribution in [2.75, 3.05) is 0 Å². The van der Waals surface area contributed by atoms with E-state index in [1.54, 1.807) is 12.1 Å². The highest BCUT2D eigenvalue weighted by molar-refractivity contribution is 6.67. The van der Waals surface area contributed by atoms with E-state index in [2.05, 4.69) is 0 Å². The molecule has 0 fully saturated rings. The maximum absolute atomic E-state index is 10.6. The third kappa shape index (κ3) is 2.43. The second kappa shape index (κ2) is 4.39. The van der Waals surface area contributed by atoms with Crippen molar-refractivity contribution < 1.29 is 14.7 Å². The first kappa shape index (κ1) is 10.9. The van der Waals surface area contributed by atoms with Gasteiger partial charge in [0.1, 0.15) is 0 Å². The summed E-state index contributed by atoms with van der Waals surface area (Å²) >= 11 is 0. The minimum Gasteiger partial charge on any atom is -0.478 e. The van der Waals surface area contributed by atoms with Gasteiger partial charge in [-0.25, -0.2) is 4.79 Å². The van der Waals surface area contributed by atoms with Crippen LogP contribution in [-0.2, 0) is 0 Å². The highest BCUT2D eigenvalue weighted by Gasteiger charge is 2.14. The quantitative estimate of drug-likeness (QED) is 0.723. The monoisotopic (exact) mass is 210 g/mol. The Kier molecular flexibility index (Phi) is 3.43. The van der Waals surface area contributed by atoms with Gasteiger partial charge in [-0.3, -0.25) is 0 Å². The van der Waals surface area contributed by atoms with Gasteiger partial charge in [0, 0.05) is 0 Å². The third-order valence-corrected chi connectivity index (χ3v) is 4.46. The Balaban J connectivity index is 2.88. The van der Waals surface area contributed by atoms with Crippen molar-refractivity contribution in [1.29, 1.82) is 0 Å². The maximum atomic E-state index is 10.6. The van der Waals surface area contributed by atoms with Crippen LogP contribution in [0, 0.1) is 0 Å². The fourth-order valence-corrected chi connectivity index (χ4v) is 2.56. The molecule has 0 aromatic heterocycles. The fourth-order valence-electron chi connectivity index (χ4n) is 1.21. The van der Waals surface area contributed by atoms with E-state index in [0.29, 0.717) is 0 Å². The van der Waals surface area contributed by atoms with Crippen LogP contribution in [0.3, 0.4) is 0 Å². The highest BCUT2D eigenvalue weighted by atomic mass is 28.3. The first-order valence-electron chi connectivity index (χ1n) is 4.53. The number of benzene rings is 1. The predicted molar refractivity (Wildman–Crippen MR) is 57.5 cm³/mol. The molecule has 0 aliphatic carbocycles. The van der Waals surface area contributed by atoms with Gasteiger partial charge in [-0.1, -0.05) is 26.0 Å². The van der Waals surface area contributed by atoms with Gasteiger partial charge in [0.2, 0.25) is 9.04 Å². The zero-order chi connectivity index (χ0) is 10.7. The normalized spacial score (nSPS) is 12.9. The van der Waals surface area contributed by atoms with E-state index in [0.717, 1.165) is 5.19 Å². The van der Waals surface area contributed by atoms with Crippen LogP contribution in [0.5, 0.6) is 0 Å². The Morgan fingerprint density at radius 2 is 1.79 bits per heavy atom. The molecule has 0 radical (unpaired) electrons. The summed E-state index contributed by atoms with van der Waals surface area (Å²) in [7, 11) is -1.88. The van der Waals surface area contributed by atoms with Crippen LogP contribution in [0.1, 0.15) is 24.2 Å². The van der Waals surface area contributed by atoms with E-state index >= 15 is 0 Å². The molecule has 0 spiro atoms. The van der Waals surface area contributed by atoms with Gasteiger partial charge < -0.3 is 9.90 Å². The van der Waals surface area contributed by atoms with E-state index < -0.39 is 15.0 Å². The number of carbonyl (C=O) groups is 1. The van der Waals surface area contributed by atoms with Crippen molar-refractivity contribution in [3.8, 4) is 0 Å². The van der Waals surface area contributed by atoms with Gasteiger partial charge in [0.15, 0.2) is 0 Å². The van der Waals surface area contributed by atoms with Crippen LogP contribution in [-0.4, -0.2) is 24.9 Å². The van der Waals surface area contributed by atoms with E-state index in [1.165, 1.54) is 12.1 Å². The fraction of sp³-hybridized carbons (Fsp3) is 0.300. The predicted octanol–water partition coefficient (Wildman–Crippen LogP) is 0.718. The van der Waals surface area contributed by atoms with Crippen LogP contribution < -0.4 is 5.19 Å². The Morgan fingerprint density at radius 3 is 2.14 bits per heavy atom. The van der Waals surface area contributed by atoms with Crippen LogP contribution in [0.2, 0.25) is 5.54 Å². The van der Waals surface area contributed by atoms with Crippen LogP contribution in [0.15, 0.2) is 24.3 Å². The molecule has 0 saturated heterocycles. The Labute approximate surface area is 84.7 Å². The number of hydrogen-bond acceptors (Lipinski definition) is 2. The first-order valence-corrected chi connectivity index (χ1v) is 6.29. The van der Waals surface area contributed by atoms with Crippen molar-refractivity contribution in [3.63, 3.8) is 0 Å². The highest BCUT2D eigenvalue weighted by Crippen LogP contribution is 2.05. The number of carboxylic acids is 1. The lowest BCUT2D eigenvalue weighted by atomic mass is 10.2. The summed E-state index contributed by atoms with van der Waals surface area (Å²) in [6.45, 7) is 3.95. The zero-order valence-electron chi connectivity index (χ0n) is 8.27. The molecule has 0 aliphatic heterocycles. The van der Waals surface area contributed by atoms with Crippen molar-refractivity contribution in [2.45, 2.75) is 19.4 Å². The molecule has 1 unspecified atom stereocenters. The van der Waals surface area contributed by atoms with Gasteiger partial charge in [-0.15, -0.1) is 0 Å². The van der Waals surface area contributed by atoms with Crippen LogP contribution >= 0.6 is 0 Å². The molecule has 0 aliphatic rings. The zero-order valence-corrected chi connectivity index (χ0v) is 9.42. The summed E-state index contributed by atoms with van der Waals surface area (Å²) in [5.41, 5.74) is 0.532. The van der Waals surface area contributed by atoms with Crippen molar-refractivity contribution in [2.24, 2.45) is 0 Å². The molecule has 2 N–H and O–H groups in total. The number of carboxylic acid groups (broad SMARTS) is 1. The topological polar surface area (TPSA) is 57.5 Å². The molecule has 76 valence electrons. The van der Waals surface area contributed by atoms with E-state index in [9.17, 15) is 9.59 Å². The smallest absolute Gasteiger partial charge is 0.335 e. The molecule has 1 aromatic rings. The van der Waals surface area contributed by atoms with Gasteiger partial charge in [0.05, 0.1) is 5.56 Å². The molecule has 14 heavy (non-hydrogen) atoms. The molecular weight excluding hydrogens is 196 g/mol. The summed E-state index contributed by atoms with van der Waals surface area (Å²) in [5.74, 6) is -0.933. The lowest BCUT2D eigenvalue weighted by Crippen LogP contribution is -2.32. The van der Waals surface area contributed by atoms with Crippen LogP contribution in [0.4, 0.5) is 0 Å². The Bertz CT molecular complexity index is 319. The van der Waals surface area contributed by atoms with Gasteiger partial charge in [0.25, 0.3) is 0 Å². The summed E-state index contributed by atoms with van der Waals surface area (Å²) in [5, 5.41) is 9.57.